The maximum atomic E-state index is 12.4. The highest BCUT2D eigenvalue weighted by Gasteiger charge is 2.26. The lowest BCUT2D eigenvalue weighted by molar-refractivity contribution is -0.116. The fourth-order valence-electron chi connectivity index (χ4n) is 4.45. The first-order chi connectivity index (χ1) is 14.4. The van der Waals surface area contributed by atoms with Crippen LogP contribution in [0.15, 0.2) is 22.8 Å². The summed E-state index contributed by atoms with van der Waals surface area (Å²) >= 11 is 0. The number of Topliss-reactive ketones (excluding diaryl/α,β-unsaturated/α-hetero) is 1. The van der Waals surface area contributed by atoms with Gasteiger partial charge in [0.2, 0.25) is 0 Å². The summed E-state index contributed by atoms with van der Waals surface area (Å²) in [5.41, 5.74) is 0.841. The van der Waals surface area contributed by atoms with E-state index in [-0.39, 0.29) is 11.6 Å². The Morgan fingerprint density at radius 2 is 1.32 bits per heavy atom. The molecular weight excluding hydrogens is 384 g/mol. The van der Waals surface area contributed by atoms with Gasteiger partial charge in [-0.3, -0.25) is 9.59 Å². The van der Waals surface area contributed by atoms with Gasteiger partial charge in [-0.25, -0.2) is 0 Å². The van der Waals surface area contributed by atoms with Gasteiger partial charge in [0.15, 0.2) is 11.6 Å². The molecule has 0 radical (unpaired) electrons. The van der Waals surface area contributed by atoms with E-state index in [0.717, 1.165) is 31.1 Å². The van der Waals surface area contributed by atoms with Gasteiger partial charge in [-0.05, 0) is 63.9 Å². The minimum atomic E-state index is -0.793. The normalized spacial score (nSPS) is 18.9. The molecule has 0 aliphatic heterocycles. The minimum absolute atomic E-state index is 0.0417. The fourth-order valence-corrected chi connectivity index (χ4v) is 4.45. The maximum Gasteiger partial charge on any atom is 0.185 e. The van der Waals surface area contributed by atoms with E-state index in [1.54, 1.807) is 13.8 Å². The quantitative estimate of drug-likeness (QED) is 0.275. The average Bonchev–Trinajstić information content (AvgIpc) is 2.67. The Morgan fingerprint density at radius 1 is 0.806 bits per heavy atom. The Bertz CT molecular complexity index is 651. The molecule has 31 heavy (non-hydrogen) atoms. The summed E-state index contributed by atoms with van der Waals surface area (Å²) in [5.74, 6) is 2.22. The molecule has 0 fully saturated rings. The molecule has 0 saturated heterocycles. The molecule has 0 spiro atoms. The van der Waals surface area contributed by atoms with Crippen LogP contribution in [0.3, 0.4) is 0 Å². The number of hydrogen-bond acceptors (Lipinski definition) is 3. The largest absolute Gasteiger partial charge is 0.390 e. The van der Waals surface area contributed by atoms with Crippen LogP contribution in [0.2, 0.25) is 0 Å². The highest BCUT2D eigenvalue weighted by Crippen LogP contribution is 2.28. The number of allylic oxidation sites excluding steroid dienone is 4. The SMILES string of the molecule is CC1=C(C)C(=O)C(CC[C@](C)(O)CCC[C@H](C)CCC[C@H](C)CCCC(C)C)=CC1=O. The second-order valence-electron chi connectivity index (χ2n) is 11.0. The molecule has 1 aliphatic rings. The van der Waals surface area contributed by atoms with Gasteiger partial charge in [0, 0.05) is 16.7 Å². The van der Waals surface area contributed by atoms with Crippen molar-refractivity contribution < 1.29 is 14.7 Å². The molecule has 0 heterocycles. The first-order valence-corrected chi connectivity index (χ1v) is 12.6. The summed E-state index contributed by atoms with van der Waals surface area (Å²) in [7, 11) is 0. The predicted molar refractivity (Wildman–Crippen MR) is 131 cm³/mol. The molecule has 0 aromatic rings. The molecule has 3 atom stereocenters. The molecule has 3 heteroatoms. The average molecular weight is 433 g/mol. The summed E-state index contributed by atoms with van der Waals surface area (Å²) in [6.45, 7) is 14.6. The third-order valence-electron chi connectivity index (χ3n) is 7.09. The van der Waals surface area contributed by atoms with E-state index in [4.69, 9.17) is 0 Å². The number of ketones is 2. The standard InChI is InChI=1S/C28H48O3/c1-20(2)11-8-12-21(3)13-9-14-22(4)15-10-17-28(7,31)18-16-25-19-26(29)23(5)24(6)27(25)30/h19-22,31H,8-18H2,1-7H3/t21-,22-,28-/m1/s1. The van der Waals surface area contributed by atoms with Gasteiger partial charge < -0.3 is 5.11 Å². The Morgan fingerprint density at radius 3 is 1.87 bits per heavy atom. The van der Waals surface area contributed by atoms with Crippen LogP contribution in [0.25, 0.3) is 0 Å². The highest BCUT2D eigenvalue weighted by atomic mass is 16.3. The zero-order chi connectivity index (χ0) is 23.6. The van der Waals surface area contributed by atoms with Gasteiger partial charge in [0.25, 0.3) is 0 Å². The van der Waals surface area contributed by atoms with E-state index in [2.05, 4.69) is 27.7 Å². The van der Waals surface area contributed by atoms with Crippen molar-refractivity contribution in [2.24, 2.45) is 17.8 Å². The van der Waals surface area contributed by atoms with Crippen LogP contribution >= 0.6 is 0 Å². The fraction of sp³-hybridized carbons (Fsp3) is 0.786. The van der Waals surface area contributed by atoms with Gasteiger partial charge >= 0.3 is 0 Å². The van der Waals surface area contributed by atoms with Gasteiger partial charge in [-0.2, -0.15) is 0 Å². The minimum Gasteiger partial charge on any atom is -0.390 e. The van der Waals surface area contributed by atoms with E-state index in [1.807, 2.05) is 6.92 Å². The van der Waals surface area contributed by atoms with Crippen molar-refractivity contribution in [3.8, 4) is 0 Å². The molecule has 1 N–H and O–H groups in total. The summed E-state index contributed by atoms with van der Waals surface area (Å²) in [5, 5.41) is 10.8. The van der Waals surface area contributed by atoms with E-state index < -0.39 is 5.60 Å². The molecular formula is C28H48O3. The lowest BCUT2D eigenvalue weighted by Crippen LogP contribution is -2.26. The Kier molecular flexibility index (Phi) is 12.0. The molecule has 1 aliphatic carbocycles. The van der Waals surface area contributed by atoms with Crippen LogP contribution in [0.4, 0.5) is 0 Å². The lowest BCUT2D eigenvalue weighted by atomic mass is 9.84. The van der Waals surface area contributed by atoms with Gasteiger partial charge in [0.05, 0.1) is 5.60 Å². The van der Waals surface area contributed by atoms with E-state index in [0.29, 0.717) is 35.5 Å². The monoisotopic (exact) mass is 432 g/mol. The van der Waals surface area contributed by atoms with E-state index >= 15 is 0 Å². The number of aliphatic hydroxyl groups is 1. The summed E-state index contributed by atoms with van der Waals surface area (Å²) in [4.78, 5) is 24.4. The van der Waals surface area contributed by atoms with Gasteiger partial charge in [-0.1, -0.05) is 79.1 Å². The maximum absolute atomic E-state index is 12.4. The highest BCUT2D eigenvalue weighted by molar-refractivity contribution is 6.22. The molecule has 0 amide bonds. The predicted octanol–water partition coefficient (Wildman–Crippen LogP) is 7.37. The van der Waals surface area contributed by atoms with Crippen molar-refractivity contribution in [3.05, 3.63) is 22.8 Å². The van der Waals surface area contributed by atoms with Crippen LogP contribution in [0.5, 0.6) is 0 Å². The first kappa shape index (κ1) is 27.8. The first-order valence-electron chi connectivity index (χ1n) is 12.6. The number of rotatable bonds is 15. The number of carbonyl (C=O) groups excluding carboxylic acids is 2. The number of hydrogen-bond donors (Lipinski definition) is 1. The molecule has 0 aromatic heterocycles. The van der Waals surface area contributed by atoms with Crippen molar-refractivity contribution in [3.63, 3.8) is 0 Å². The summed E-state index contributed by atoms with van der Waals surface area (Å²) in [6.07, 6.45) is 13.3. The molecule has 0 saturated carbocycles. The molecule has 3 nitrogen and oxygen atoms in total. The van der Waals surface area contributed by atoms with Crippen molar-refractivity contribution >= 4 is 11.6 Å². The van der Waals surface area contributed by atoms with Crippen molar-refractivity contribution in [1.82, 2.24) is 0 Å². The third-order valence-corrected chi connectivity index (χ3v) is 7.09. The number of carbonyl (C=O) groups is 2. The van der Waals surface area contributed by atoms with Crippen LogP contribution in [-0.2, 0) is 9.59 Å². The van der Waals surface area contributed by atoms with Gasteiger partial charge in [-0.15, -0.1) is 0 Å². The van der Waals surface area contributed by atoms with Crippen LogP contribution in [0.1, 0.15) is 119 Å². The van der Waals surface area contributed by atoms with Crippen LogP contribution in [-0.4, -0.2) is 22.3 Å². The van der Waals surface area contributed by atoms with Crippen molar-refractivity contribution in [1.29, 1.82) is 0 Å². The molecule has 1 rings (SSSR count). The smallest absolute Gasteiger partial charge is 0.185 e. The zero-order valence-corrected chi connectivity index (χ0v) is 21.4. The van der Waals surface area contributed by atoms with Crippen LogP contribution < -0.4 is 0 Å². The molecule has 178 valence electrons. The zero-order valence-electron chi connectivity index (χ0n) is 21.4. The van der Waals surface area contributed by atoms with Crippen LogP contribution in [0, 0.1) is 17.8 Å². The Balaban J connectivity index is 2.25. The third kappa shape index (κ3) is 10.8. The van der Waals surface area contributed by atoms with Crippen molar-refractivity contribution in [2.75, 3.05) is 0 Å². The van der Waals surface area contributed by atoms with E-state index in [1.165, 1.54) is 44.6 Å². The Labute approximate surface area is 191 Å². The molecule has 0 bridgehead atoms. The molecule has 0 aromatic carbocycles. The Hall–Kier alpha value is -1.22. The summed E-state index contributed by atoms with van der Waals surface area (Å²) < 4.78 is 0. The van der Waals surface area contributed by atoms with E-state index in [9.17, 15) is 14.7 Å². The topological polar surface area (TPSA) is 54.4 Å². The lowest BCUT2D eigenvalue weighted by Gasteiger charge is -2.25. The van der Waals surface area contributed by atoms with Crippen molar-refractivity contribution in [2.45, 2.75) is 125 Å². The summed E-state index contributed by atoms with van der Waals surface area (Å²) in [6, 6.07) is 0. The second kappa shape index (κ2) is 13.4. The second-order valence-corrected chi connectivity index (χ2v) is 11.0. The van der Waals surface area contributed by atoms with Gasteiger partial charge in [0.1, 0.15) is 0 Å². The molecule has 0 unspecified atom stereocenters.